The molecule has 2 fully saturated rings. The average molecular weight is 530 g/mol. The van der Waals surface area contributed by atoms with Crippen LogP contribution >= 0.6 is 0 Å². The van der Waals surface area contributed by atoms with E-state index in [9.17, 15) is 24.6 Å². The van der Waals surface area contributed by atoms with Crippen LogP contribution in [0.2, 0.25) is 0 Å². The summed E-state index contributed by atoms with van der Waals surface area (Å²) in [5.41, 5.74) is 2.11. The molecular formula is C30H33N4O5+. The van der Waals surface area contributed by atoms with Gasteiger partial charge in [-0.05, 0) is 35.6 Å². The van der Waals surface area contributed by atoms with E-state index < -0.39 is 16.7 Å². The largest absolute Gasteiger partial charge is 0.507 e. The molecule has 1 saturated carbocycles. The summed E-state index contributed by atoms with van der Waals surface area (Å²) in [6, 6.07) is 11.3. The van der Waals surface area contributed by atoms with Crippen LogP contribution in [-0.4, -0.2) is 63.7 Å². The molecule has 1 amide bonds. The van der Waals surface area contributed by atoms with Crippen molar-refractivity contribution in [3.05, 3.63) is 81.5 Å². The summed E-state index contributed by atoms with van der Waals surface area (Å²) in [4.78, 5) is 44.6. The molecule has 1 saturated heterocycles. The maximum Gasteiger partial charge on any atom is 0.344 e. The van der Waals surface area contributed by atoms with Crippen LogP contribution in [0.15, 0.2) is 53.6 Å². The first-order chi connectivity index (χ1) is 18.7. The Kier molecular flexibility index (Phi) is 6.15. The number of carbonyl (C=O) groups excluding carboxylic acids is 2. The summed E-state index contributed by atoms with van der Waals surface area (Å²) < 4.78 is 0. The molecule has 2 aromatic carbocycles. The van der Waals surface area contributed by atoms with Crippen LogP contribution in [0.4, 0.5) is 0 Å². The minimum absolute atomic E-state index is 0.0437. The van der Waals surface area contributed by atoms with Gasteiger partial charge in [0.1, 0.15) is 23.2 Å². The Bertz CT molecular complexity index is 1500. The zero-order valence-electron chi connectivity index (χ0n) is 21.9. The summed E-state index contributed by atoms with van der Waals surface area (Å²) in [5.74, 6) is -0.383. The molecule has 2 heterocycles. The number of carbonyl (C=O) groups is 2. The van der Waals surface area contributed by atoms with Crippen LogP contribution in [0.25, 0.3) is 11.1 Å². The number of Topliss-reactive ketones (excluding diaryl/α,β-unsaturated/α-hetero) is 1. The lowest BCUT2D eigenvalue weighted by molar-refractivity contribution is -0.923. The Morgan fingerprint density at radius 3 is 2.69 bits per heavy atom. The number of aromatic amines is 1. The second-order valence-electron chi connectivity index (χ2n) is 11.3. The van der Waals surface area contributed by atoms with Crippen molar-refractivity contribution in [1.82, 2.24) is 15.3 Å². The molecule has 39 heavy (non-hydrogen) atoms. The van der Waals surface area contributed by atoms with E-state index in [2.05, 4.69) is 22.3 Å². The summed E-state index contributed by atoms with van der Waals surface area (Å²) in [7, 11) is 2.09. The Hall–Kier alpha value is -3.82. The third-order valence-corrected chi connectivity index (χ3v) is 9.30. The van der Waals surface area contributed by atoms with Crippen LogP contribution in [0.1, 0.15) is 52.7 Å². The number of aromatic hydroxyl groups is 1. The van der Waals surface area contributed by atoms with E-state index in [1.807, 2.05) is 30.3 Å². The number of amides is 1. The number of nitrogens with zero attached hydrogens (tertiary/aromatic N) is 1. The third-order valence-electron chi connectivity index (χ3n) is 9.30. The molecular weight excluding hydrogens is 496 g/mol. The first-order valence-electron chi connectivity index (χ1n) is 13.6. The number of hydrogen-bond donors (Lipinski definition) is 5. The van der Waals surface area contributed by atoms with Crippen LogP contribution < -0.4 is 15.9 Å². The van der Waals surface area contributed by atoms with Gasteiger partial charge in [0.2, 0.25) is 0 Å². The van der Waals surface area contributed by atoms with Crippen molar-refractivity contribution in [2.75, 3.05) is 20.1 Å². The van der Waals surface area contributed by atoms with Gasteiger partial charge >= 0.3 is 5.69 Å². The Morgan fingerprint density at radius 1 is 1.15 bits per heavy atom. The normalized spacial score (nSPS) is 27.4. The van der Waals surface area contributed by atoms with Gasteiger partial charge in [0.15, 0.2) is 0 Å². The SMILES string of the molecule is C[NH+]1CC[C@]23CC(=O)CC[C@@]2(O)[C@H]1Cc1ccc(C(=O)NCCc2ccc(-c4cnc(=O)[nH]c4)cc2)c(O)c13. The van der Waals surface area contributed by atoms with Crippen molar-refractivity contribution in [1.29, 1.82) is 0 Å². The van der Waals surface area contributed by atoms with Crippen molar-refractivity contribution in [3.8, 4) is 16.9 Å². The number of aromatic nitrogens is 2. The molecule has 9 heteroatoms. The fourth-order valence-electron chi connectivity index (χ4n) is 7.24. The second kappa shape index (κ2) is 9.43. The van der Waals surface area contributed by atoms with Gasteiger partial charge in [0.05, 0.1) is 19.2 Å². The lowest BCUT2D eigenvalue weighted by Crippen LogP contribution is -3.19. The van der Waals surface area contributed by atoms with Crippen molar-refractivity contribution in [2.24, 2.45) is 0 Å². The molecule has 202 valence electrons. The molecule has 6 rings (SSSR count). The fourth-order valence-corrected chi connectivity index (χ4v) is 7.24. The summed E-state index contributed by atoms with van der Waals surface area (Å²) in [6.45, 7) is 1.17. The van der Waals surface area contributed by atoms with Gasteiger partial charge in [0, 0.05) is 61.2 Å². The van der Waals surface area contributed by atoms with Gasteiger partial charge in [-0.3, -0.25) is 9.59 Å². The molecule has 3 aliphatic rings. The van der Waals surface area contributed by atoms with Gasteiger partial charge in [-0.2, -0.15) is 0 Å². The number of nitrogens with one attached hydrogen (secondary N) is 3. The monoisotopic (exact) mass is 529 g/mol. The molecule has 4 atom stereocenters. The summed E-state index contributed by atoms with van der Waals surface area (Å²) in [5, 5.41) is 26.4. The number of phenolic OH excluding ortho intramolecular Hbond substituents is 1. The van der Waals surface area contributed by atoms with Crippen LogP contribution in [-0.2, 0) is 23.1 Å². The van der Waals surface area contributed by atoms with Gasteiger partial charge in [-0.25, -0.2) is 9.78 Å². The second-order valence-corrected chi connectivity index (χ2v) is 11.3. The maximum absolute atomic E-state index is 13.2. The number of likely N-dealkylation sites (N-methyl/N-ethyl adjacent to an activating group) is 1. The molecule has 2 bridgehead atoms. The highest BCUT2D eigenvalue weighted by atomic mass is 16.3. The van der Waals surface area contributed by atoms with Crippen molar-refractivity contribution in [3.63, 3.8) is 0 Å². The number of quaternary nitrogens is 1. The lowest BCUT2D eigenvalue weighted by Gasteiger charge is -2.60. The number of rotatable bonds is 5. The Morgan fingerprint density at radius 2 is 1.95 bits per heavy atom. The number of hydrogen-bond acceptors (Lipinski definition) is 6. The third kappa shape index (κ3) is 4.08. The minimum Gasteiger partial charge on any atom is -0.507 e. The number of aliphatic hydroxyl groups is 1. The number of benzene rings is 2. The molecule has 0 spiro atoms. The number of ketones is 1. The van der Waals surface area contributed by atoms with E-state index in [4.69, 9.17) is 0 Å². The van der Waals surface area contributed by atoms with Crippen molar-refractivity contribution < 1.29 is 24.7 Å². The number of phenols is 1. The van der Waals surface area contributed by atoms with Crippen LogP contribution in [0.3, 0.4) is 0 Å². The first kappa shape index (κ1) is 25.5. The van der Waals surface area contributed by atoms with Gasteiger partial charge in [-0.15, -0.1) is 0 Å². The number of piperidine rings is 1. The number of H-pyrrole nitrogens is 1. The highest BCUT2D eigenvalue weighted by Crippen LogP contribution is 2.57. The fraction of sp³-hybridized carbons (Fsp3) is 0.400. The van der Waals surface area contributed by atoms with Crippen molar-refractivity contribution in [2.45, 2.75) is 55.6 Å². The quantitative estimate of drug-likeness (QED) is 0.330. The molecule has 1 aliphatic heterocycles. The molecule has 5 N–H and O–H groups in total. The average Bonchev–Trinajstić information content (AvgIpc) is 2.92. The van der Waals surface area contributed by atoms with E-state index in [0.29, 0.717) is 44.2 Å². The molecule has 3 aromatic rings. The van der Waals surface area contributed by atoms with Gasteiger partial charge in [-0.1, -0.05) is 30.3 Å². The number of likely N-dealkylation sites (tertiary alicyclic amines) is 1. The molecule has 2 aliphatic carbocycles. The highest BCUT2D eigenvalue weighted by molar-refractivity contribution is 5.98. The first-order valence-corrected chi connectivity index (χ1v) is 13.6. The van der Waals surface area contributed by atoms with Gasteiger partial charge < -0.3 is 25.4 Å². The zero-order valence-corrected chi connectivity index (χ0v) is 21.9. The minimum atomic E-state index is -1.08. The zero-order chi connectivity index (χ0) is 27.4. The molecule has 1 unspecified atom stereocenters. The highest BCUT2D eigenvalue weighted by Gasteiger charge is 2.67. The maximum atomic E-state index is 13.2. The standard InChI is InChI=1S/C30H32N4O5/c1-34-13-11-29-15-22(35)8-10-30(29,39)24(34)14-20-6-7-23(26(36)25(20)29)27(37)31-12-9-18-2-4-19(5-3-18)21-16-32-28(38)33-17-21/h2-7,16-17,24,36,39H,8-15H2,1H3,(H,31,37)(H,32,33,38)/p+1/t24-,29-,30-/m1/s1. The summed E-state index contributed by atoms with van der Waals surface area (Å²) >= 11 is 0. The topological polar surface area (TPSA) is 137 Å². The Balaban J connectivity index is 1.20. The van der Waals surface area contributed by atoms with E-state index in [-0.39, 0.29) is 35.5 Å². The Labute approximate surface area is 225 Å². The molecule has 1 aromatic heterocycles. The van der Waals surface area contributed by atoms with E-state index in [0.717, 1.165) is 28.8 Å². The van der Waals surface area contributed by atoms with Crippen molar-refractivity contribution >= 4 is 11.7 Å². The predicted molar refractivity (Wildman–Crippen MR) is 144 cm³/mol. The van der Waals surface area contributed by atoms with Gasteiger partial charge in [0.25, 0.3) is 5.91 Å². The number of fused-ring (bicyclic) bond motifs is 1. The smallest absolute Gasteiger partial charge is 0.344 e. The van der Waals surface area contributed by atoms with E-state index in [1.54, 1.807) is 12.3 Å². The van der Waals surface area contributed by atoms with E-state index in [1.165, 1.54) is 11.1 Å². The van der Waals surface area contributed by atoms with Crippen LogP contribution in [0, 0.1) is 0 Å². The predicted octanol–water partition coefficient (Wildman–Crippen LogP) is 0.680. The van der Waals surface area contributed by atoms with Crippen LogP contribution in [0.5, 0.6) is 5.75 Å². The van der Waals surface area contributed by atoms with E-state index >= 15 is 0 Å². The molecule has 9 nitrogen and oxygen atoms in total. The lowest BCUT2D eigenvalue weighted by atomic mass is 9.49. The summed E-state index contributed by atoms with van der Waals surface area (Å²) in [6.07, 6.45) is 5.87. The molecule has 0 radical (unpaired) electrons.